The molecule has 3 atom stereocenters. The van der Waals surface area contributed by atoms with Crippen LogP contribution in [-0.2, 0) is 9.59 Å². The number of carboxylic acids is 1. The second-order valence-electron chi connectivity index (χ2n) is 3.56. The Morgan fingerprint density at radius 3 is 2.71 bits per heavy atom. The highest BCUT2D eigenvalue weighted by Gasteiger charge is 2.48. The molecular formula is C9H12N2O3. The number of carbonyl (C=O) groups excluding carboxylic acids is 1. The zero-order valence-corrected chi connectivity index (χ0v) is 7.86. The Bertz CT molecular complexity index is 295. The highest BCUT2D eigenvalue weighted by Crippen LogP contribution is 2.38. The minimum atomic E-state index is -0.918. The van der Waals surface area contributed by atoms with E-state index in [0.717, 1.165) is 0 Å². The molecule has 1 rings (SSSR count). The summed E-state index contributed by atoms with van der Waals surface area (Å²) in [6.07, 6.45) is 0.419. The Hall–Kier alpha value is -1.57. The van der Waals surface area contributed by atoms with E-state index in [9.17, 15) is 9.59 Å². The molecule has 0 aromatic rings. The topological polar surface area (TPSA) is 90.2 Å². The molecule has 1 unspecified atom stereocenters. The summed E-state index contributed by atoms with van der Waals surface area (Å²) in [4.78, 5) is 21.7. The Morgan fingerprint density at radius 1 is 1.64 bits per heavy atom. The average Bonchev–Trinajstić information content (AvgIpc) is 2.92. The first kappa shape index (κ1) is 10.5. The summed E-state index contributed by atoms with van der Waals surface area (Å²) in [6, 6.07) is 1.98. The Kier molecular flexibility index (Phi) is 3.07. The minimum absolute atomic E-state index is 0.235. The number of nitrogens with zero attached hydrogens (tertiary/aromatic N) is 1. The molecule has 0 heterocycles. The Balaban J connectivity index is 2.26. The van der Waals surface area contributed by atoms with Crippen molar-refractivity contribution in [3.05, 3.63) is 0 Å². The molecule has 1 fully saturated rings. The van der Waals surface area contributed by atoms with Gasteiger partial charge in [-0.15, -0.1) is 0 Å². The predicted octanol–water partition coefficient (Wildman–Crippen LogP) is -0.0170. The van der Waals surface area contributed by atoms with Crippen LogP contribution in [-0.4, -0.2) is 23.5 Å². The number of carbonyl (C=O) groups is 2. The second-order valence-corrected chi connectivity index (χ2v) is 3.56. The van der Waals surface area contributed by atoms with Crippen molar-refractivity contribution in [2.75, 3.05) is 6.54 Å². The lowest BCUT2D eigenvalue weighted by Crippen LogP contribution is -2.30. The van der Waals surface area contributed by atoms with Crippen LogP contribution < -0.4 is 5.32 Å². The molecule has 76 valence electrons. The molecule has 1 aliphatic rings. The first-order valence-corrected chi connectivity index (χ1v) is 4.46. The van der Waals surface area contributed by atoms with Gasteiger partial charge in [0.15, 0.2) is 0 Å². The molecule has 5 heteroatoms. The van der Waals surface area contributed by atoms with Crippen LogP contribution in [0, 0.1) is 29.1 Å². The van der Waals surface area contributed by atoms with Gasteiger partial charge in [0.05, 0.1) is 23.8 Å². The highest BCUT2D eigenvalue weighted by molar-refractivity contribution is 5.89. The van der Waals surface area contributed by atoms with Gasteiger partial charge in [-0.1, -0.05) is 0 Å². The molecule has 0 aromatic heterocycles. The summed E-state index contributed by atoms with van der Waals surface area (Å²) in [5.74, 6) is -2.32. The van der Waals surface area contributed by atoms with Crippen LogP contribution in [0.25, 0.3) is 0 Å². The van der Waals surface area contributed by atoms with Gasteiger partial charge in [-0.3, -0.25) is 9.59 Å². The molecule has 0 radical (unpaired) electrons. The fourth-order valence-electron chi connectivity index (χ4n) is 1.19. The molecule has 2 N–H and O–H groups in total. The number of rotatable bonds is 4. The van der Waals surface area contributed by atoms with E-state index in [1.807, 2.05) is 6.07 Å². The third kappa shape index (κ3) is 2.46. The van der Waals surface area contributed by atoms with E-state index in [2.05, 4.69) is 5.32 Å². The molecule has 5 nitrogen and oxygen atoms in total. The molecule has 14 heavy (non-hydrogen) atoms. The van der Waals surface area contributed by atoms with Crippen molar-refractivity contribution in [2.45, 2.75) is 13.3 Å². The van der Waals surface area contributed by atoms with Gasteiger partial charge in [0, 0.05) is 6.54 Å². The van der Waals surface area contributed by atoms with Gasteiger partial charge in [0.1, 0.15) is 0 Å². The maximum atomic E-state index is 11.3. The lowest BCUT2D eigenvalue weighted by atomic mass is 10.2. The summed E-state index contributed by atoms with van der Waals surface area (Å²) >= 11 is 0. The Morgan fingerprint density at radius 2 is 2.29 bits per heavy atom. The lowest BCUT2D eigenvalue weighted by molar-refractivity contribution is -0.140. The number of carboxylic acid groups (broad SMARTS) is 1. The minimum Gasteiger partial charge on any atom is -0.481 e. The van der Waals surface area contributed by atoms with Gasteiger partial charge in [-0.05, 0) is 13.3 Å². The van der Waals surface area contributed by atoms with Crippen molar-refractivity contribution >= 4 is 11.9 Å². The van der Waals surface area contributed by atoms with Crippen LogP contribution in [0.5, 0.6) is 0 Å². The summed E-state index contributed by atoms with van der Waals surface area (Å²) in [5, 5.41) is 19.6. The van der Waals surface area contributed by atoms with Crippen molar-refractivity contribution in [3.8, 4) is 6.07 Å². The molecule has 0 bridgehead atoms. The first-order valence-electron chi connectivity index (χ1n) is 4.46. The number of nitriles is 1. The first-order chi connectivity index (χ1) is 6.56. The fraction of sp³-hybridized carbons (Fsp3) is 0.667. The van der Waals surface area contributed by atoms with Crippen LogP contribution in [0.2, 0.25) is 0 Å². The number of aliphatic carboxylic acids is 1. The zero-order chi connectivity index (χ0) is 10.7. The maximum absolute atomic E-state index is 11.3. The van der Waals surface area contributed by atoms with Crippen LogP contribution in [0.3, 0.4) is 0 Å². The predicted molar refractivity (Wildman–Crippen MR) is 47.0 cm³/mol. The quantitative estimate of drug-likeness (QED) is 0.661. The molecule has 1 amide bonds. The average molecular weight is 196 g/mol. The van der Waals surface area contributed by atoms with Crippen molar-refractivity contribution in [1.82, 2.24) is 5.32 Å². The van der Waals surface area contributed by atoms with E-state index in [1.54, 1.807) is 6.92 Å². The molecular weight excluding hydrogens is 184 g/mol. The smallest absolute Gasteiger partial charge is 0.307 e. The second kappa shape index (κ2) is 4.09. The van der Waals surface area contributed by atoms with Gasteiger partial charge in [0.2, 0.25) is 5.91 Å². The molecule has 0 aliphatic heterocycles. The summed E-state index contributed by atoms with van der Waals surface area (Å²) in [7, 11) is 0. The fourth-order valence-corrected chi connectivity index (χ4v) is 1.19. The SMILES string of the molecule is CC(C#N)CNC(=O)[C@@H]1C[C@@H]1C(=O)O. The van der Waals surface area contributed by atoms with Gasteiger partial charge in [0.25, 0.3) is 0 Å². The largest absolute Gasteiger partial charge is 0.481 e. The maximum Gasteiger partial charge on any atom is 0.307 e. The third-order valence-corrected chi connectivity index (χ3v) is 2.25. The van der Waals surface area contributed by atoms with E-state index in [0.29, 0.717) is 6.42 Å². The standard InChI is InChI=1S/C9H12N2O3/c1-5(3-10)4-11-8(12)6-2-7(6)9(13)14/h5-7H,2,4H2,1H3,(H,11,12)(H,13,14)/t5?,6-,7+/m1/s1. The van der Waals surface area contributed by atoms with Gasteiger partial charge in [-0.2, -0.15) is 5.26 Å². The monoisotopic (exact) mass is 196 g/mol. The number of hydrogen-bond donors (Lipinski definition) is 2. The summed E-state index contributed by atoms with van der Waals surface area (Å²) in [5.41, 5.74) is 0. The summed E-state index contributed by atoms with van der Waals surface area (Å²) in [6.45, 7) is 1.99. The number of nitrogens with one attached hydrogen (secondary N) is 1. The summed E-state index contributed by atoms with van der Waals surface area (Å²) < 4.78 is 0. The third-order valence-electron chi connectivity index (χ3n) is 2.25. The van der Waals surface area contributed by atoms with Crippen LogP contribution in [0.1, 0.15) is 13.3 Å². The van der Waals surface area contributed by atoms with E-state index < -0.39 is 17.8 Å². The van der Waals surface area contributed by atoms with E-state index in [4.69, 9.17) is 10.4 Å². The molecule has 1 saturated carbocycles. The molecule has 1 aliphatic carbocycles. The highest BCUT2D eigenvalue weighted by atomic mass is 16.4. The van der Waals surface area contributed by atoms with Gasteiger partial charge < -0.3 is 10.4 Å². The number of hydrogen-bond acceptors (Lipinski definition) is 3. The van der Waals surface area contributed by atoms with Crippen LogP contribution >= 0.6 is 0 Å². The van der Waals surface area contributed by atoms with E-state index >= 15 is 0 Å². The number of amides is 1. The van der Waals surface area contributed by atoms with Crippen LogP contribution in [0.4, 0.5) is 0 Å². The molecule has 0 saturated heterocycles. The zero-order valence-electron chi connectivity index (χ0n) is 7.86. The van der Waals surface area contributed by atoms with Crippen LogP contribution in [0.15, 0.2) is 0 Å². The lowest BCUT2D eigenvalue weighted by Gasteiger charge is -2.04. The van der Waals surface area contributed by atoms with Crippen molar-refractivity contribution in [2.24, 2.45) is 17.8 Å². The normalized spacial score (nSPS) is 26.0. The molecule has 0 aromatic carbocycles. The van der Waals surface area contributed by atoms with Gasteiger partial charge in [-0.25, -0.2) is 0 Å². The van der Waals surface area contributed by atoms with Crippen molar-refractivity contribution in [3.63, 3.8) is 0 Å². The van der Waals surface area contributed by atoms with Crippen molar-refractivity contribution < 1.29 is 14.7 Å². The van der Waals surface area contributed by atoms with E-state index in [-0.39, 0.29) is 18.4 Å². The molecule has 0 spiro atoms. The van der Waals surface area contributed by atoms with E-state index in [1.165, 1.54) is 0 Å². The Labute approximate surface area is 81.7 Å². The van der Waals surface area contributed by atoms with Gasteiger partial charge >= 0.3 is 5.97 Å². The van der Waals surface area contributed by atoms with Crippen molar-refractivity contribution in [1.29, 1.82) is 5.26 Å².